The number of amides is 2. The summed E-state index contributed by atoms with van der Waals surface area (Å²) in [4.78, 5) is 25.6. The van der Waals surface area contributed by atoms with Crippen LogP contribution < -0.4 is 5.32 Å². The average Bonchev–Trinajstić information content (AvgIpc) is 2.82. The maximum atomic E-state index is 12.0. The zero-order chi connectivity index (χ0) is 17.7. The van der Waals surface area contributed by atoms with Crippen molar-refractivity contribution in [3.05, 3.63) is 11.6 Å². The van der Waals surface area contributed by atoms with Crippen LogP contribution in [-0.4, -0.2) is 44.6 Å². The van der Waals surface area contributed by atoms with Gasteiger partial charge in [0, 0.05) is 32.5 Å². The van der Waals surface area contributed by atoms with Crippen molar-refractivity contribution in [3.63, 3.8) is 0 Å². The summed E-state index contributed by atoms with van der Waals surface area (Å²) in [6, 6.07) is -0.184. The van der Waals surface area contributed by atoms with Crippen LogP contribution in [0.5, 0.6) is 0 Å². The van der Waals surface area contributed by atoms with Crippen LogP contribution in [0.2, 0.25) is 0 Å². The number of rotatable bonds is 4. The zero-order valence-electron chi connectivity index (χ0n) is 14.8. The van der Waals surface area contributed by atoms with Crippen LogP contribution in [0.4, 0.5) is 0 Å². The van der Waals surface area contributed by atoms with Crippen molar-refractivity contribution in [2.75, 3.05) is 13.1 Å². The summed E-state index contributed by atoms with van der Waals surface area (Å²) in [5.41, 5.74) is 0. The maximum Gasteiger partial charge on any atom is 0.298 e. The van der Waals surface area contributed by atoms with Crippen molar-refractivity contribution in [1.82, 2.24) is 25.0 Å². The first-order valence-electron chi connectivity index (χ1n) is 8.40. The Hall–Kier alpha value is -2.36. The number of aromatic nitrogens is 3. The van der Waals surface area contributed by atoms with E-state index in [-0.39, 0.29) is 23.8 Å². The molecular formula is C17H25N5O2. The first-order valence-corrected chi connectivity index (χ1v) is 8.40. The third kappa shape index (κ3) is 3.94. The highest BCUT2D eigenvalue weighted by atomic mass is 16.2. The molecule has 0 aliphatic carbocycles. The molecule has 0 bridgehead atoms. The first-order chi connectivity index (χ1) is 11.5. The van der Waals surface area contributed by atoms with Crippen LogP contribution in [0.15, 0.2) is 0 Å². The Bertz CT molecular complexity index is 668. The van der Waals surface area contributed by atoms with Crippen molar-refractivity contribution < 1.29 is 9.59 Å². The van der Waals surface area contributed by atoms with E-state index in [9.17, 15) is 9.59 Å². The number of hydrogen-bond donors (Lipinski definition) is 1. The number of carbonyl (C=O) groups excluding carboxylic acids is 2. The second-order valence-electron chi connectivity index (χ2n) is 6.19. The lowest BCUT2D eigenvalue weighted by molar-refractivity contribution is -0.125. The van der Waals surface area contributed by atoms with Crippen molar-refractivity contribution in [2.24, 2.45) is 5.92 Å². The van der Waals surface area contributed by atoms with Crippen molar-refractivity contribution in [1.29, 1.82) is 0 Å². The molecular weight excluding hydrogens is 306 g/mol. The summed E-state index contributed by atoms with van der Waals surface area (Å²) < 4.78 is 2.03. The lowest BCUT2D eigenvalue weighted by Gasteiger charge is -2.23. The van der Waals surface area contributed by atoms with E-state index in [1.54, 1.807) is 11.8 Å². The lowest BCUT2D eigenvalue weighted by Crippen LogP contribution is -2.35. The van der Waals surface area contributed by atoms with Crippen LogP contribution in [0.25, 0.3) is 0 Å². The van der Waals surface area contributed by atoms with Gasteiger partial charge in [0.05, 0.1) is 6.04 Å². The molecule has 1 aromatic rings. The minimum absolute atomic E-state index is 0.00491. The SMILES string of the molecule is CC#CC(=O)N1CCc2nnc(C(NC(=O)CC)C(C)C)n2CC1. The lowest BCUT2D eigenvalue weighted by atomic mass is 10.0. The van der Waals surface area contributed by atoms with Gasteiger partial charge in [0.1, 0.15) is 5.82 Å². The zero-order valence-corrected chi connectivity index (χ0v) is 14.8. The molecule has 1 unspecified atom stereocenters. The molecule has 1 aromatic heterocycles. The molecule has 7 heteroatoms. The van der Waals surface area contributed by atoms with Gasteiger partial charge in [0.2, 0.25) is 5.91 Å². The second kappa shape index (κ2) is 7.95. The van der Waals surface area contributed by atoms with Gasteiger partial charge in [-0.1, -0.05) is 26.7 Å². The fraction of sp³-hybridized carbons (Fsp3) is 0.647. The molecule has 1 atom stereocenters. The molecule has 0 aromatic carbocycles. The molecule has 130 valence electrons. The number of carbonyl (C=O) groups is 2. The Balaban J connectivity index is 2.22. The van der Waals surface area contributed by atoms with E-state index in [4.69, 9.17) is 0 Å². The summed E-state index contributed by atoms with van der Waals surface area (Å²) in [7, 11) is 0. The molecule has 0 spiro atoms. The van der Waals surface area contributed by atoms with Gasteiger partial charge >= 0.3 is 0 Å². The summed E-state index contributed by atoms with van der Waals surface area (Å²) in [6.07, 6.45) is 1.07. The molecule has 2 heterocycles. The summed E-state index contributed by atoms with van der Waals surface area (Å²) in [6.45, 7) is 9.34. The average molecular weight is 331 g/mol. The molecule has 2 rings (SSSR count). The van der Waals surface area contributed by atoms with Gasteiger partial charge in [-0.05, 0) is 18.8 Å². The highest BCUT2D eigenvalue weighted by Gasteiger charge is 2.27. The molecule has 7 nitrogen and oxygen atoms in total. The third-order valence-electron chi connectivity index (χ3n) is 4.16. The van der Waals surface area contributed by atoms with E-state index in [2.05, 4.69) is 27.4 Å². The van der Waals surface area contributed by atoms with Crippen LogP contribution >= 0.6 is 0 Å². The van der Waals surface area contributed by atoms with E-state index in [0.29, 0.717) is 32.5 Å². The molecule has 1 aliphatic heterocycles. The molecule has 0 fully saturated rings. The van der Waals surface area contributed by atoms with E-state index in [1.807, 2.05) is 25.3 Å². The first kappa shape index (κ1) is 18.0. The monoisotopic (exact) mass is 331 g/mol. The molecule has 1 N–H and O–H groups in total. The Kier molecular flexibility index (Phi) is 5.96. The fourth-order valence-electron chi connectivity index (χ4n) is 2.77. The quantitative estimate of drug-likeness (QED) is 0.832. The van der Waals surface area contributed by atoms with Gasteiger partial charge in [-0.3, -0.25) is 9.59 Å². The van der Waals surface area contributed by atoms with Gasteiger partial charge in [0.25, 0.3) is 5.91 Å². The summed E-state index contributed by atoms with van der Waals surface area (Å²) >= 11 is 0. The van der Waals surface area contributed by atoms with E-state index < -0.39 is 0 Å². The molecule has 0 saturated carbocycles. The van der Waals surface area contributed by atoms with Crippen LogP contribution in [0.1, 0.15) is 51.8 Å². The number of hydrogen-bond acceptors (Lipinski definition) is 4. The van der Waals surface area contributed by atoms with E-state index >= 15 is 0 Å². The largest absolute Gasteiger partial charge is 0.346 e. The summed E-state index contributed by atoms with van der Waals surface area (Å²) in [5, 5.41) is 11.6. The van der Waals surface area contributed by atoms with Gasteiger partial charge in [-0.15, -0.1) is 10.2 Å². The molecule has 1 aliphatic rings. The van der Waals surface area contributed by atoms with Crippen LogP contribution in [-0.2, 0) is 22.6 Å². The Morgan fingerprint density at radius 1 is 1.25 bits per heavy atom. The third-order valence-corrected chi connectivity index (χ3v) is 4.16. The van der Waals surface area contributed by atoms with Gasteiger partial charge in [0.15, 0.2) is 5.82 Å². The standard InChI is InChI=1S/C17H25N5O2/c1-5-7-15(24)21-9-8-13-19-20-17(22(13)11-10-21)16(12(3)4)18-14(23)6-2/h12,16H,6,8-11H2,1-4H3,(H,18,23). The number of nitrogens with zero attached hydrogens (tertiary/aromatic N) is 4. The second-order valence-corrected chi connectivity index (χ2v) is 6.19. The minimum Gasteiger partial charge on any atom is -0.346 e. The van der Waals surface area contributed by atoms with Crippen LogP contribution in [0, 0.1) is 17.8 Å². The maximum absolute atomic E-state index is 12.0. The van der Waals surface area contributed by atoms with Gasteiger partial charge in [-0.2, -0.15) is 0 Å². The van der Waals surface area contributed by atoms with Gasteiger partial charge in [-0.25, -0.2) is 0 Å². The topological polar surface area (TPSA) is 80.1 Å². The van der Waals surface area contributed by atoms with Crippen molar-refractivity contribution >= 4 is 11.8 Å². The minimum atomic E-state index is -0.184. The highest BCUT2D eigenvalue weighted by Crippen LogP contribution is 2.22. The molecule has 2 amide bonds. The number of fused-ring (bicyclic) bond motifs is 1. The van der Waals surface area contributed by atoms with Crippen LogP contribution in [0.3, 0.4) is 0 Å². The van der Waals surface area contributed by atoms with Gasteiger partial charge < -0.3 is 14.8 Å². The fourth-order valence-corrected chi connectivity index (χ4v) is 2.77. The van der Waals surface area contributed by atoms with E-state index in [1.165, 1.54) is 0 Å². The number of nitrogens with one attached hydrogen (secondary N) is 1. The van der Waals surface area contributed by atoms with Crippen molar-refractivity contribution in [2.45, 2.75) is 53.1 Å². The highest BCUT2D eigenvalue weighted by molar-refractivity contribution is 5.93. The predicted octanol–water partition coefficient (Wildman–Crippen LogP) is 0.909. The normalized spacial score (nSPS) is 15.1. The summed E-state index contributed by atoms with van der Waals surface area (Å²) in [5.74, 6) is 6.88. The van der Waals surface area contributed by atoms with E-state index in [0.717, 1.165) is 11.6 Å². The Morgan fingerprint density at radius 2 is 2.00 bits per heavy atom. The Labute approximate surface area is 142 Å². The molecule has 0 radical (unpaired) electrons. The molecule has 0 saturated heterocycles. The smallest absolute Gasteiger partial charge is 0.298 e. The van der Waals surface area contributed by atoms with Crippen molar-refractivity contribution in [3.8, 4) is 11.8 Å². The Morgan fingerprint density at radius 3 is 2.62 bits per heavy atom. The molecule has 24 heavy (non-hydrogen) atoms. The predicted molar refractivity (Wildman–Crippen MR) is 89.8 cm³/mol.